The number of methoxy groups -OCH3 is 1. The van der Waals surface area contributed by atoms with Crippen LogP contribution in [-0.4, -0.2) is 18.1 Å². The van der Waals surface area contributed by atoms with E-state index in [1.807, 2.05) is 24.3 Å². The number of benzene rings is 1. The highest BCUT2D eigenvalue weighted by molar-refractivity contribution is 6.05. The minimum atomic E-state index is -0.354. The van der Waals surface area contributed by atoms with Crippen molar-refractivity contribution in [3.63, 3.8) is 0 Å². The van der Waals surface area contributed by atoms with Gasteiger partial charge in [0.05, 0.1) is 12.7 Å². The lowest BCUT2D eigenvalue weighted by molar-refractivity contribution is 0.0602. The molecular weight excluding hydrogens is 192 g/mol. The maximum atomic E-state index is 11.6. The van der Waals surface area contributed by atoms with E-state index in [0.29, 0.717) is 17.8 Å². The summed E-state index contributed by atoms with van der Waals surface area (Å²) in [5.41, 5.74) is 7.72. The number of ether oxygens (including phenoxy) is 1. The molecule has 2 aromatic rings. The molecule has 0 amide bonds. The van der Waals surface area contributed by atoms with E-state index in [1.54, 1.807) is 0 Å². The minimum absolute atomic E-state index is 0.291. The van der Waals surface area contributed by atoms with Crippen LogP contribution < -0.4 is 5.73 Å². The lowest BCUT2D eigenvalue weighted by atomic mass is 10.1. The van der Waals surface area contributed by atoms with Crippen molar-refractivity contribution in [2.45, 2.75) is 6.54 Å². The molecule has 2 rings (SSSR count). The molecular formula is C11H12N2O2. The van der Waals surface area contributed by atoms with Crippen molar-refractivity contribution in [1.82, 2.24) is 4.98 Å². The lowest BCUT2D eigenvalue weighted by Gasteiger charge is -1.99. The first-order chi connectivity index (χ1) is 7.27. The highest BCUT2D eigenvalue weighted by atomic mass is 16.5. The van der Waals surface area contributed by atoms with Gasteiger partial charge in [-0.25, -0.2) is 4.79 Å². The van der Waals surface area contributed by atoms with Gasteiger partial charge in [0, 0.05) is 23.1 Å². The molecule has 0 spiro atoms. The van der Waals surface area contributed by atoms with Crippen LogP contribution in [0.1, 0.15) is 16.1 Å². The fourth-order valence-corrected chi connectivity index (χ4v) is 1.69. The molecule has 0 saturated heterocycles. The second-order valence-corrected chi connectivity index (χ2v) is 3.22. The number of aromatic nitrogens is 1. The van der Waals surface area contributed by atoms with Crippen molar-refractivity contribution in [3.8, 4) is 0 Å². The molecule has 0 bridgehead atoms. The fraction of sp³-hybridized carbons (Fsp3) is 0.182. The Kier molecular flexibility index (Phi) is 2.43. The molecule has 0 unspecified atom stereocenters. The molecule has 3 N–H and O–H groups in total. The van der Waals surface area contributed by atoms with Crippen molar-refractivity contribution in [2.75, 3.05) is 7.11 Å². The van der Waals surface area contributed by atoms with Gasteiger partial charge >= 0.3 is 5.97 Å². The fourth-order valence-electron chi connectivity index (χ4n) is 1.69. The van der Waals surface area contributed by atoms with Crippen LogP contribution in [0.4, 0.5) is 0 Å². The topological polar surface area (TPSA) is 68.1 Å². The molecule has 78 valence electrons. The number of esters is 1. The van der Waals surface area contributed by atoms with E-state index in [4.69, 9.17) is 10.5 Å². The highest BCUT2D eigenvalue weighted by Crippen LogP contribution is 2.22. The van der Waals surface area contributed by atoms with Gasteiger partial charge in [-0.3, -0.25) is 0 Å². The summed E-state index contributed by atoms with van der Waals surface area (Å²) in [6, 6.07) is 7.56. The molecule has 0 saturated carbocycles. The number of carbonyl (C=O) groups excluding carboxylic acids is 1. The van der Waals surface area contributed by atoms with Crippen molar-refractivity contribution in [1.29, 1.82) is 0 Å². The molecule has 0 fully saturated rings. The van der Waals surface area contributed by atoms with Gasteiger partial charge in [-0.2, -0.15) is 0 Å². The largest absolute Gasteiger partial charge is 0.465 e. The lowest BCUT2D eigenvalue weighted by Crippen LogP contribution is -2.07. The molecule has 4 nitrogen and oxygen atoms in total. The van der Waals surface area contributed by atoms with Gasteiger partial charge in [0.15, 0.2) is 0 Å². The summed E-state index contributed by atoms with van der Waals surface area (Å²) in [5, 5.41) is 0.852. The first-order valence-corrected chi connectivity index (χ1v) is 4.66. The molecule has 0 aliphatic carbocycles. The number of carbonyl (C=O) groups is 1. The van der Waals surface area contributed by atoms with Crippen LogP contribution in [0.5, 0.6) is 0 Å². The van der Waals surface area contributed by atoms with Gasteiger partial charge < -0.3 is 15.5 Å². The second-order valence-electron chi connectivity index (χ2n) is 3.22. The molecule has 0 aliphatic rings. The van der Waals surface area contributed by atoms with E-state index in [1.165, 1.54) is 7.11 Å². The quantitative estimate of drug-likeness (QED) is 0.727. The smallest absolute Gasteiger partial charge is 0.340 e. The third-order valence-electron chi connectivity index (χ3n) is 2.38. The van der Waals surface area contributed by atoms with Gasteiger partial charge in [-0.05, 0) is 6.07 Å². The Bertz CT molecular complexity index is 502. The number of para-hydroxylation sites is 1. The molecule has 0 atom stereocenters. The van der Waals surface area contributed by atoms with Crippen LogP contribution in [0.25, 0.3) is 10.9 Å². The van der Waals surface area contributed by atoms with Gasteiger partial charge in [0.25, 0.3) is 0 Å². The summed E-state index contributed by atoms with van der Waals surface area (Å²) in [4.78, 5) is 14.7. The number of rotatable bonds is 2. The summed E-state index contributed by atoms with van der Waals surface area (Å²) >= 11 is 0. The summed E-state index contributed by atoms with van der Waals surface area (Å²) in [5.74, 6) is -0.354. The molecule has 0 aliphatic heterocycles. The van der Waals surface area contributed by atoms with Crippen LogP contribution in [0.2, 0.25) is 0 Å². The maximum absolute atomic E-state index is 11.6. The number of nitrogens with two attached hydrogens (primary N) is 1. The van der Waals surface area contributed by atoms with E-state index in [0.717, 1.165) is 10.9 Å². The first-order valence-electron chi connectivity index (χ1n) is 4.66. The predicted molar refractivity (Wildman–Crippen MR) is 57.5 cm³/mol. The second kappa shape index (κ2) is 3.74. The van der Waals surface area contributed by atoms with Gasteiger partial charge in [0.1, 0.15) is 0 Å². The van der Waals surface area contributed by atoms with Crippen molar-refractivity contribution >= 4 is 16.9 Å². The Hall–Kier alpha value is -1.81. The van der Waals surface area contributed by atoms with E-state index < -0.39 is 0 Å². The number of hydrogen-bond donors (Lipinski definition) is 2. The molecule has 1 aromatic heterocycles. The average Bonchev–Trinajstić information content (AvgIpc) is 2.66. The minimum Gasteiger partial charge on any atom is -0.465 e. The zero-order valence-electron chi connectivity index (χ0n) is 8.41. The Morgan fingerprint density at radius 3 is 2.87 bits per heavy atom. The Balaban J connectivity index is 2.72. The molecule has 15 heavy (non-hydrogen) atoms. The average molecular weight is 204 g/mol. The standard InChI is InChI=1S/C11H12N2O2/c1-15-11(14)10-7-4-2-3-5-8(7)13-9(10)6-12/h2-5,13H,6,12H2,1H3. The van der Waals surface area contributed by atoms with Crippen LogP contribution in [-0.2, 0) is 11.3 Å². The van der Waals surface area contributed by atoms with E-state index in [9.17, 15) is 4.79 Å². The van der Waals surface area contributed by atoms with Gasteiger partial charge in [-0.15, -0.1) is 0 Å². The molecule has 4 heteroatoms. The summed E-state index contributed by atoms with van der Waals surface area (Å²) in [6.45, 7) is 0.291. The van der Waals surface area contributed by atoms with E-state index in [2.05, 4.69) is 4.98 Å². The zero-order valence-corrected chi connectivity index (χ0v) is 8.41. The van der Waals surface area contributed by atoms with E-state index in [-0.39, 0.29) is 5.97 Å². The van der Waals surface area contributed by atoms with Gasteiger partial charge in [-0.1, -0.05) is 18.2 Å². The first kappa shape index (κ1) is 9.73. The number of fused-ring (bicyclic) bond motifs is 1. The summed E-state index contributed by atoms with van der Waals surface area (Å²) in [7, 11) is 1.37. The van der Waals surface area contributed by atoms with Crippen molar-refractivity contribution in [3.05, 3.63) is 35.5 Å². The van der Waals surface area contributed by atoms with Crippen molar-refractivity contribution in [2.24, 2.45) is 5.73 Å². The number of nitrogens with one attached hydrogen (secondary N) is 1. The summed E-state index contributed by atoms with van der Waals surface area (Å²) < 4.78 is 4.73. The Morgan fingerprint density at radius 2 is 2.20 bits per heavy atom. The van der Waals surface area contributed by atoms with Gasteiger partial charge in [0.2, 0.25) is 0 Å². The molecule has 0 radical (unpaired) electrons. The predicted octanol–water partition coefficient (Wildman–Crippen LogP) is 1.41. The Labute approximate surface area is 87.0 Å². The third-order valence-corrected chi connectivity index (χ3v) is 2.38. The SMILES string of the molecule is COC(=O)c1c(CN)[nH]c2ccccc12. The van der Waals surface area contributed by atoms with Crippen LogP contribution >= 0.6 is 0 Å². The summed E-state index contributed by atoms with van der Waals surface area (Å²) in [6.07, 6.45) is 0. The van der Waals surface area contributed by atoms with Crippen LogP contribution in [0.3, 0.4) is 0 Å². The van der Waals surface area contributed by atoms with Crippen LogP contribution in [0, 0.1) is 0 Å². The molecule has 1 aromatic carbocycles. The molecule has 1 heterocycles. The third kappa shape index (κ3) is 1.49. The Morgan fingerprint density at radius 1 is 1.47 bits per heavy atom. The number of H-pyrrole nitrogens is 1. The number of hydrogen-bond acceptors (Lipinski definition) is 3. The van der Waals surface area contributed by atoms with E-state index >= 15 is 0 Å². The monoisotopic (exact) mass is 204 g/mol. The number of aromatic amines is 1. The maximum Gasteiger partial charge on any atom is 0.340 e. The van der Waals surface area contributed by atoms with Crippen LogP contribution in [0.15, 0.2) is 24.3 Å². The zero-order chi connectivity index (χ0) is 10.8. The normalized spacial score (nSPS) is 10.5. The van der Waals surface area contributed by atoms with Crippen molar-refractivity contribution < 1.29 is 9.53 Å². The highest BCUT2D eigenvalue weighted by Gasteiger charge is 2.17.